The van der Waals surface area contributed by atoms with Gasteiger partial charge in [-0.3, -0.25) is 0 Å². The van der Waals surface area contributed by atoms with E-state index < -0.39 is 0 Å². The summed E-state index contributed by atoms with van der Waals surface area (Å²) in [4.78, 5) is 0. The Kier molecular flexibility index (Phi) is 5.11. The highest BCUT2D eigenvalue weighted by Crippen LogP contribution is 2.45. The Hall–Kier alpha value is -0.0400. The van der Waals surface area contributed by atoms with Gasteiger partial charge in [0.05, 0.1) is 6.10 Å². The lowest BCUT2D eigenvalue weighted by atomic mass is 9.74. The maximum Gasteiger partial charge on any atom is 0.0598 e. The molecule has 0 heterocycles. The van der Waals surface area contributed by atoms with Crippen LogP contribution in [0.15, 0.2) is 0 Å². The van der Waals surface area contributed by atoms with Crippen molar-refractivity contribution in [3.8, 4) is 0 Å². The van der Waals surface area contributed by atoms with Gasteiger partial charge in [-0.05, 0) is 37.0 Å². The maximum atomic E-state index is 10.4. The van der Waals surface area contributed by atoms with Crippen molar-refractivity contribution in [1.82, 2.24) is 0 Å². The Bertz CT molecular complexity index is 170. The standard InChI is InChI=1S/C14H28O/c1-4-8-12(3)11-13(15)14(5-2)9-6-7-10-14/h12-13,15H,4-11H2,1-3H3. The Labute approximate surface area is 95.3 Å². The Morgan fingerprint density at radius 3 is 2.27 bits per heavy atom. The molecule has 0 radical (unpaired) electrons. The van der Waals surface area contributed by atoms with E-state index in [4.69, 9.17) is 0 Å². The first kappa shape index (κ1) is 13.0. The summed E-state index contributed by atoms with van der Waals surface area (Å²) in [5, 5.41) is 10.4. The van der Waals surface area contributed by atoms with Crippen molar-refractivity contribution >= 4 is 0 Å². The highest BCUT2D eigenvalue weighted by atomic mass is 16.3. The van der Waals surface area contributed by atoms with Gasteiger partial charge in [0.2, 0.25) is 0 Å². The fraction of sp³-hybridized carbons (Fsp3) is 1.00. The highest BCUT2D eigenvalue weighted by molar-refractivity contribution is 4.90. The molecule has 0 aromatic heterocycles. The summed E-state index contributed by atoms with van der Waals surface area (Å²) < 4.78 is 0. The van der Waals surface area contributed by atoms with E-state index in [1.807, 2.05) is 0 Å². The average Bonchev–Trinajstić information content (AvgIpc) is 2.67. The molecule has 90 valence electrons. The van der Waals surface area contributed by atoms with E-state index in [-0.39, 0.29) is 11.5 Å². The summed E-state index contributed by atoms with van der Waals surface area (Å²) in [6.45, 7) is 6.76. The Balaban J connectivity index is 2.46. The Morgan fingerprint density at radius 2 is 1.80 bits per heavy atom. The molecule has 1 saturated carbocycles. The summed E-state index contributed by atoms with van der Waals surface area (Å²) >= 11 is 0. The van der Waals surface area contributed by atoms with Crippen LogP contribution in [-0.4, -0.2) is 11.2 Å². The topological polar surface area (TPSA) is 20.2 Å². The van der Waals surface area contributed by atoms with E-state index in [1.54, 1.807) is 0 Å². The van der Waals surface area contributed by atoms with Crippen molar-refractivity contribution in [2.24, 2.45) is 11.3 Å². The third-order valence-corrected chi connectivity index (χ3v) is 4.42. The van der Waals surface area contributed by atoms with Crippen LogP contribution in [-0.2, 0) is 0 Å². The van der Waals surface area contributed by atoms with Crippen molar-refractivity contribution in [3.05, 3.63) is 0 Å². The Morgan fingerprint density at radius 1 is 1.20 bits per heavy atom. The second kappa shape index (κ2) is 5.89. The van der Waals surface area contributed by atoms with Gasteiger partial charge in [0.15, 0.2) is 0 Å². The molecule has 2 atom stereocenters. The van der Waals surface area contributed by atoms with Crippen LogP contribution in [0.3, 0.4) is 0 Å². The minimum Gasteiger partial charge on any atom is -0.393 e. The SMILES string of the molecule is CCCC(C)CC(O)C1(CC)CCCC1. The lowest BCUT2D eigenvalue weighted by Gasteiger charge is -2.34. The molecule has 1 aliphatic carbocycles. The van der Waals surface area contributed by atoms with Crippen LogP contribution in [0.4, 0.5) is 0 Å². The van der Waals surface area contributed by atoms with Gasteiger partial charge >= 0.3 is 0 Å². The first-order valence-electron chi connectivity index (χ1n) is 6.82. The summed E-state index contributed by atoms with van der Waals surface area (Å²) in [5.74, 6) is 0.689. The molecule has 0 bridgehead atoms. The zero-order valence-corrected chi connectivity index (χ0v) is 10.8. The molecular weight excluding hydrogens is 184 g/mol. The molecule has 1 nitrogen and oxygen atoms in total. The molecule has 0 saturated heterocycles. The molecule has 0 aromatic carbocycles. The molecule has 1 heteroatoms. The van der Waals surface area contributed by atoms with Crippen molar-refractivity contribution < 1.29 is 5.11 Å². The number of hydrogen-bond donors (Lipinski definition) is 1. The molecule has 0 aliphatic heterocycles. The first-order valence-corrected chi connectivity index (χ1v) is 6.82. The van der Waals surface area contributed by atoms with Crippen LogP contribution in [0.25, 0.3) is 0 Å². The molecule has 1 fully saturated rings. The minimum absolute atomic E-state index is 0.0495. The van der Waals surface area contributed by atoms with E-state index in [0.717, 1.165) is 12.8 Å². The second-order valence-electron chi connectivity index (χ2n) is 5.57. The summed E-state index contributed by atoms with van der Waals surface area (Å²) in [5.41, 5.74) is 0.280. The van der Waals surface area contributed by atoms with Crippen molar-refractivity contribution in [2.75, 3.05) is 0 Å². The molecule has 0 spiro atoms. The number of hydrogen-bond acceptors (Lipinski definition) is 1. The van der Waals surface area contributed by atoms with E-state index in [0.29, 0.717) is 5.92 Å². The van der Waals surface area contributed by atoms with Gasteiger partial charge in [0.25, 0.3) is 0 Å². The average molecular weight is 212 g/mol. The van der Waals surface area contributed by atoms with Gasteiger partial charge in [-0.2, -0.15) is 0 Å². The fourth-order valence-electron chi connectivity index (χ4n) is 3.24. The molecule has 2 unspecified atom stereocenters. The lowest BCUT2D eigenvalue weighted by molar-refractivity contribution is 0.00785. The number of rotatable bonds is 6. The molecule has 1 aliphatic rings. The quantitative estimate of drug-likeness (QED) is 0.701. The summed E-state index contributed by atoms with van der Waals surface area (Å²) in [6, 6.07) is 0. The van der Waals surface area contributed by atoms with Gasteiger partial charge in [0.1, 0.15) is 0 Å². The van der Waals surface area contributed by atoms with Gasteiger partial charge in [-0.15, -0.1) is 0 Å². The molecule has 1 rings (SSSR count). The third-order valence-electron chi connectivity index (χ3n) is 4.42. The fourth-order valence-corrected chi connectivity index (χ4v) is 3.24. The predicted octanol–water partition coefficient (Wildman–Crippen LogP) is 4.14. The van der Waals surface area contributed by atoms with Gasteiger partial charge in [-0.25, -0.2) is 0 Å². The summed E-state index contributed by atoms with van der Waals surface area (Å²) in [6.07, 6.45) is 9.79. The maximum absolute atomic E-state index is 10.4. The smallest absolute Gasteiger partial charge is 0.0598 e. The lowest BCUT2D eigenvalue weighted by Crippen LogP contribution is -2.33. The minimum atomic E-state index is -0.0495. The molecule has 1 N–H and O–H groups in total. The van der Waals surface area contributed by atoms with Crippen LogP contribution in [0, 0.1) is 11.3 Å². The first-order chi connectivity index (χ1) is 7.14. The molecule has 0 amide bonds. The van der Waals surface area contributed by atoms with E-state index >= 15 is 0 Å². The summed E-state index contributed by atoms with van der Waals surface area (Å²) in [7, 11) is 0. The predicted molar refractivity (Wildman–Crippen MR) is 65.9 cm³/mol. The van der Waals surface area contributed by atoms with Crippen molar-refractivity contribution in [3.63, 3.8) is 0 Å². The van der Waals surface area contributed by atoms with E-state index in [1.165, 1.54) is 38.5 Å². The van der Waals surface area contributed by atoms with Crippen molar-refractivity contribution in [1.29, 1.82) is 0 Å². The van der Waals surface area contributed by atoms with Gasteiger partial charge in [-0.1, -0.05) is 46.5 Å². The van der Waals surface area contributed by atoms with E-state index in [9.17, 15) is 5.11 Å². The van der Waals surface area contributed by atoms with Crippen LogP contribution in [0.2, 0.25) is 0 Å². The normalized spacial score (nSPS) is 24.0. The van der Waals surface area contributed by atoms with Gasteiger partial charge in [0, 0.05) is 0 Å². The third kappa shape index (κ3) is 3.21. The van der Waals surface area contributed by atoms with E-state index in [2.05, 4.69) is 20.8 Å². The number of aliphatic hydroxyl groups is 1. The van der Waals surface area contributed by atoms with Crippen LogP contribution in [0.1, 0.15) is 72.1 Å². The van der Waals surface area contributed by atoms with Crippen LogP contribution < -0.4 is 0 Å². The van der Waals surface area contributed by atoms with Crippen LogP contribution >= 0.6 is 0 Å². The van der Waals surface area contributed by atoms with Gasteiger partial charge < -0.3 is 5.11 Å². The van der Waals surface area contributed by atoms with Crippen molar-refractivity contribution in [2.45, 2.75) is 78.2 Å². The molecule has 15 heavy (non-hydrogen) atoms. The zero-order valence-electron chi connectivity index (χ0n) is 10.8. The molecular formula is C14H28O. The molecule has 0 aromatic rings. The highest BCUT2D eigenvalue weighted by Gasteiger charge is 2.38. The zero-order chi connectivity index (χ0) is 11.3. The largest absolute Gasteiger partial charge is 0.393 e. The van der Waals surface area contributed by atoms with Crippen LogP contribution in [0.5, 0.6) is 0 Å². The second-order valence-corrected chi connectivity index (χ2v) is 5.57. The number of aliphatic hydroxyl groups excluding tert-OH is 1. The monoisotopic (exact) mass is 212 g/mol.